The van der Waals surface area contributed by atoms with E-state index in [4.69, 9.17) is 9.84 Å². The summed E-state index contributed by atoms with van der Waals surface area (Å²) in [5.74, 6) is -1.05. The lowest BCUT2D eigenvalue weighted by Crippen LogP contribution is -2.41. The maximum Gasteiger partial charge on any atom is 0.407 e. The number of ether oxygens (including phenoxy) is 1. The van der Waals surface area contributed by atoms with Gasteiger partial charge in [-0.15, -0.1) is 0 Å². The maximum absolute atomic E-state index is 12.7. The van der Waals surface area contributed by atoms with Gasteiger partial charge in [-0.3, -0.25) is 9.59 Å². The average Bonchev–Trinajstić information content (AvgIpc) is 3.43. The Balaban J connectivity index is 1.27. The van der Waals surface area contributed by atoms with E-state index >= 15 is 0 Å². The predicted octanol–water partition coefficient (Wildman–Crippen LogP) is 4.31. The Morgan fingerprint density at radius 1 is 1.03 bits per heavy atom. The summed E-state index contributed by atoms with van der Waals surface area (Å²) in [6, 6.07) is 16.2. The number of carboxylic acid groups (broad SMARTS) is 1. The van der Waals surface area contributed by atoms with Crippen LogP contribution in [0.2, 0.25) is 0 Å². The lowest BCUT2D eigenvalue weighted by molar-refractivity contribution is -0.137. The third kappa shape index (κ3) is 5.41. The van der Waals surface area contributed by atoms with E-state index in [-0.39, 0.29) is 42.7 Å². The molecule has 0 bridgehead atoms. The molecule has 0 saturated heterocycles. The molecule has 1 saturated carbocycles. The standard InChI is InChI=1S/C27H32N2O5/c1-17(13-14-25(30)31)29-26(32)19-12-6-7-18(19)15-28-27(33)34-16-24-22-10-4-2-8-20(22)21-9-3-5-11-23(21)24/h2-5,8-11,17-19,24H,6-7,12-16H2,1H3,(H,28,33)(H,29,32)(H,30,31)/t17?,18-,19-/m1/s1. The molecule has 0 spiro atoms. The normalized spacial score (nSPS) is 19.7. The number of carbonyl (C=O) groups is 3. The fraction of sp³-hybridized carbons (Fsp3) is 0.444. The van der Waals surface area contributed by atoms with Crippen molar-refractivity contribution in [2.45, 2.75) is 51.0 Å². The molecule has 0 radical (unpaired) electrons. The molecule has 0 heterocycles. The number of aliphatic carboxylic acids is 1. The van der Waals surface area contributed by atoms with Gasteiger partial charge in [0, 0.05) is 30.8 Å². The SMILES string of the molecule is CC(CCC(=O)O)NC(=O)[C@@H]1CCC[C@@H]1CNC(=O)OCC1c2ccccc2-c2ccccc21. The fourth-order valence-electron chi connectivity index (χ4n) is 5.25. The topological polar surface area (TPSA) is 105 Å². The van der Waals surface area contributed by atoms with Gasteiger partial charge in [0.05, 0.1) is 0 Å². The molecule has 1 fully saturated rings. The Hall–Kier alpha value is -3.35. The second-order valence-corrected chi connectivity index (χ2v) is 9.35. The Kier molecular flexibility index (Phi) is 7.50. The minimum absolute atomic E-state index is 0.00967. The lowest BCUT2D eigenvalue weighted by atomic mass is 9.94. The highest BCUT2D eigenvalue weighted by Gasteiger charge is 2.34. The Labute approximate surface area is 199 Å². The summed E-state index contributed by atoms with van der Waals surface area (Å²) in [7, 11) is 0. The van der Waals surface area contributed by atoms with E-state index in [1.54, 1.807) is 0 Å². The molecule has 4 rings (SSSR count). The van der Waals surface area contributed by atoms with Crippen molar-refractivity contribution < 1.29 is 24.2 Å². The molecule has 1 unspecified atom stereocenters. The first-order chi connectivity index (χ1) is 16.4. The van der Waals surface area contributed by atoms with Crippen LogP contribution in [0.1, 0.15) is 56.1 Å². The molecule has 0 aliphatic heterocycles. The fourth-order valence-corrected chi connectivity index (χ4v) is 5.25. The number of benzene rings is 2. The minimum Gasteiger partial charge on any atom is -0.481 e. The molecule has 2 aromatic carbocycles. The average molecular weight is 465 g/mol. The number of hydrogen-bond donors (Lipinski definition) is 3. The Morgan fingerprint density at radius 2 is 1.68 bits per heavy atom. The van der Waals surface area contributed by atoms with Crippen LogP contribution in [0.4, 0.5) is 4.79 Å². The van der Waals surface area contributed by atoms with Gasteiger partial charge in [0.15, 0.2) is 0 Å². The van der Waals surface area contributed by atoms with Gasteiger partial charge in [0.1, 0.15) is 6.61 Å². The van der Waals surface area contributed by atoms with Crippen molar-refractivity contribution in [1.29, 1.82) is 0 Å². The second-order valence-electron chi connectivity index (χ2n) is 9.35. The van der Waals surface area contributed by atoms with Gasteiger partial charge >= 0.3 is 12.1 Å². The number of carbonyl (C=O) groups excluding carboxylic acids is 2. The van der Waals surface area contributed by atoms with Crippen molar-refractivity contribution in [2.24, 2.45) is 11.8 Å². The molecule has 180 valence electrons. The van der Waals surface area contributed by atoms with Crippen molar-refractivity contribution in [3.05, 3.63) is 59.7 Å². The van der Waals surface area contributed by atoms with Crippen LogP contribution in [0.3, 0.4) is 0 Å². The van der Waals surface area contributed by atoms with Gasteiger partial charge in [-0.2, -0.15) is 0 Å². The van der Waals surface area contributed by atoms with Crippen LogP contribution in [-0.4, -0.2) is 42.3 Å². The largest absolute Gasteiger partial charge is 0.481 e. The highest BCUT2D eigenvalue weighted by Crippen LogP contribution is 2.44. The van der Waals surface area contributed by atoms with Crippen molar-refractivity contribution in [1.82, 2.24) is 10.6 Å². The van der Waals surface area contributed by atoms with Crippen molar-refractivity contribution in [2.75, 3.05) is 13.2 Å². The maximum atomic E-state index is 12.7. The highest BCUT2D eigenvalue weighted by atomic mass is 16.5. The van der Waals surface area contributed by atoms with E-state index in [0.29, 0.717) is 13.0 Å². The molecule has 3 atom stereocenters. The van der Waals surface area contributed by atoms with Crippen molar-refractivity contribution in [3.8, 4) is 11.1 Å². The molecule has 7 heteroatoms. The smallest absolute Gasteiger partial charge is 0.407 e. The van der Waals surface area contributed by atoms with Crippen LogP contribution in [0.25, 0.3) is 11.1 Å². The number of hydrogen-bond acceptors (Lipinski definition) is 4. The quantitative estimate of drug-likeness (QED) is 0.513. The van der Waals surface area contributed by atoms with Gasteiger partial charge in [-0.05, 0) is 54.4 Å². The summed E-state index contributed by atoms with van der Waals surface area (Å²) in [6.45, 7) is 2.47. The van der Waals surface area contributed by atoms with Gasteiger partial charge in [0.25, 0.3) is 0 Å². The van der Waals surface area contributed by atoms with E-state index in [1.807, 2.05) is 31.2 Å². The number of carboxylic acids is 1. The number of nitrogens with one attached hydrogen (secondary N) is 2. The number of alkyl carbamates (subject to hydrolysis) is 1. The highest BCUT2D eigenvalue weighted by molar-refractivity contribution is 5.80. The number of rotatable bonds is 9. The minimum atomic E-state index is -0.868. The van der Waals surface area contributed by atoms with Gasteiger partial charge < -0.3 is 20.5 Å². The van der Waals surface area contributed by atoms with Crippen LogP contribution in [0.15, 0.2) is 48.5 Å². The summed E-state index contributed by atoms with van der Waals surface area (Å²) < 4.78 is 5.61. The molecule has 7 nitrogen and oxygen atoms in total. The van der Waals surface area contributed by atoms with Crippen molar-refractivity contribution in [3.63, 3.8) is 0 Å². The summed E-state index contributed by atoms with van der Waals surface area (Å²) in [6.07, 6.45) is 2.52. The van der Waals surface area contributed by atoms with E-state index in [9.17, 15) is 14.4 Å². The van der Waals surface area contributed by atoms with E-state index in [1.165, 1.54) is 22.3 Å². The lowest BCUT2D eigenvalue weighted by Gasteiger charge is -2.22. The molecule has 2 amide bonds. The van der Waals surface area contributed by atoms with Gasteiger partial charge in [0.2, 0.25) is 5.91 Å². The zero-order chi connectivity index (χ0) is 24.1. The van der Waals surface area contributed by atoms with Crippen LogP contribution >= 0.6 is 0 Å². The van der Waals surface area contributed by atoms with E-state index in [0.717, 1.165) is 19.3 Å². The Bertz CT molecular complexity index is 1010. The first kappa shape index (κ1) is 23.8. The number of amides is 2. The van der Waals surface area contributed by atoms with Gasteiger partial charge in [-0.1, -0.05) is 55.0 Å². The van der Waals surface area contributed by atoms with Gasteiger partial charge in [-0.25, -0.2) is 4.79 Å². The summed E-state index contributed by atoms with van der Waals surface area (Å²) >= 11 is 0. The zero-order valence-electron chi connectivity index (χ0n) is 19.5. The Morgan fingerprint density at radius 3 is 2.32 bits per heavy atom. The second kappa shape index (κ2) is 10.7. The number of fused-ring (bicyclic) bond motifs is 3. The van der Waals surface area contributed by atoms with Crippen LogP contribution < -0.4 is 10.6 Å². The summed E-state index contributed by atoms with van der Waals surface area (Å²) in [5.41, 5.74) is 4.70. The molecule has 2 aromatic rings. The third-order valence-electron chi connectivity index (χ3n) is 7.03. The third-order valence-corrected chi connectivity index (χ3v) is 7.03. The summed E-state index contributed by atoms with van der Waals surface area (Å²) in [5, 5.41) is 14.6. The summed E-state index contributed by atoms with van der Waals surface area (Å²) in [4.78, 5) is 35.9. The molecular formula is C27H32N2O5. The van der Waals surface area contributed by atoms with Crippen LogP contribution in [0, 0.1) is 11.8 Å². The van der Waals surface area contributed by atoms with Crippen LogP contribution in [-0.2, 0) is 14.3 Å². The van der Waals surface area contributed by atoms with Crippen molar-refractivity contribution >= 4 is 18.0 Å². The monoisotopic (exact) mass is 464 g/mol. The van der Waals surface area contributed by atoms with Crippen LogP contribution in [0.5, 0.6) is 0 Å². The first-order valence-corrected chi connectivity index (χ1v) is 12.0. The molecule has 2 aliphatic rings. The molecule has 0 aromatic heterocycles. The van der Waals surface area contributed by atoms with E-state index < -0.39 is 12.1 Å². The van der Waals surface area contributed by atoms with E-state index in [2.05, 4.69) is 34.9 Å². The predicted molar refractivity (Wildman–Crippen MR) is 128 cm³/mol. The molecule has 2 aliphatic carbocycles. The first-order valence-electron chi connectivity index (χ1n) is 12.0. The zero-order valence-corrected chi connectivity index (χ0v) is 19.5. The molecular weight excluding hydrogens is 432 g/mol. The molecule has 3 N–H and O–H groups in total. The molecule has 34 heavy (non-hydrogen) atoms.